The largest absolute Gasteiger partial charge is 0.383 e. The van der Waals surface area contributed by atoms with Crippen molar-refractivity contribution in [1.29, 1.82) is 0 Å². The number of ether oxygens (including phenoxy) is 1. The zero-order chi connectivity index (χ0) is 20.0. The number of rotatable bonds is 7. The fourth-order valence-corrected chi connectivity index (χ4v) is 5.21. The van der Waals surface area contributed by atoms with Gasteiger partial charge in [0.15, 0.2) is 0 Å². The van der Waals surface area contributed by atoms with E-state index in [1.807, 2.05) is 0 Å². The first-order valence-electron chi connectivity index (χ1n) is 9.81. The van der Waals surface area contributed by atoms with Crippen LogP contribution in [0.25, 0.3) is 0 Å². The number of nitrogens with zero attached hydrogens (tertiary/aromatic N) is 3. The lowest BCUT2D eigenvalue weighted by Crippen LogP contribution is -2.41. The van der Waals surface area contributed by atoms with Crippen molar-refractivity contribution in [3.05, 3.63) is 28.3 Å². The fraction of sp³-hybridized carbons (Fsp3) is 0.667. The molecule has 2 aliphatic heterocycles. The van der Waals surface area contributed by atoms with Crippen LogP contribution in [0.2, 0.25) is 0 Å². The van der Waals surface area contributed by atoms with Crippen molar-refractivity contribution in [3.8, 4) is 0 Å². The van der Waals surface area contributed by atoms with Crippen molar-refractivity contribution in [1.82, 2.24) is 9.21 Å². The van der Waals surface area contributed by atoms with Crippen LogP contribution in [0.15, 0.2) is 23.1 Å². The molecule has 2 fully saturated rings. The summed E-state index contributed by atoms with van der Waals surface area (Å²) in [6.07, 6.45) is 4.89. The molecule has 10 heteroatoms. The van der Waals surface area contributed by atoms with Gasteiger partial charge in [-0.15, -0.1) is 0 Å². The highest BCUT2D eigenvalue weighted by molar-refractivity contribution is 7.89. The number of non-ortho nitro benzene ring substituents is 1. The van der Waals surface area contributed by atoms with Gasteiger partial charge < -0.3 is 15.0 Å². The molecule has 0 saturated carbocycles. The van der Waals surface area contributed by atoms with E-state index in [9.17, 15) is 18.5 Å². The van der Waals surface area contributed by atoms with Crippen LogP contribution < -0.4 is 5.32 Å². The van der Waals surface area contributed by atoms with Crippen LogP contribution in [-0.2, 0) is 14.8 Å². The molecule has 0 aliphatic carbocycles. The lowest BCUT2D eigenvalue weighted by Gasteiger charge is -2.27. The monoisotopic (exact) mass is 412 g/mol. The molecular weight excluding hydrogens is 384 g/mol. The Hall–Kier alpha value is -1.75. The van der Waals surface area contributed by atoms with Crippen LogP contribution in [0, 0.1) is 10.1 Å². The van der Waals surface area contributed by atoms with Crippen molar-refractivity contribution in [2.75, 3.05) is 57.8 Å². The molecule has 1 N–H and O–H groups in total. The predicted octanol–water partition coefficient (Wildman–Crippen LogP) is 1.90. The quantitative estimate of drug-likeness (QED) is 0.539. The average Bonchev–Trinajstić information content (AvgIpc) is 2.97. The molecule has 9 nitrogen and oxygen atoms in total. The maximum absolute atomic E-state index is 13.1. The summed E-state index contributed by atoms with van der Waals surface area (Å²) in [4.78, 5) is 12.9. The zero-order valence-electron chi connectivity index (χ0n) is 16.0. The van der Waals surface area contributed by atoms with Gasteiger partial charge >= 0.3 is 0 Å². The zero-order valence-corrected chi connectivity index (χ0v) is 16.8. The minimum atomic E-state index is -3.84. The van der Waals surface area contributed by atoms with Crippen LogP contribution in [-0.4, -0.2) is 75.0 Å². The normalized spacial score (nSPS) is 19.9. The van der Waals surface area contributed by atoms with Crippen LogP contribution in [0.4, 0.5) is 11.4 Å². The van der Waals surface area contributed by atoms with Gasteiger partial charge in [-0.25, -0.2) is 8.42 Å². The smallest absolute Gasteiger partial charge is 0.270 e. The predicted molar refractivity (Wildman–Crippen MR) is 106 cm³/mol. The fourth-order valence-electron chi connectivity index (χ4n) is 3.62. The second kappa shape index (κ2) is 9.64. The number of nitro benzene ring substituents is 1. The molecule has 1 aromatic carbocycles. The Kier molecular flexibility index (Phi) is 7.22. The van der Waals surface area contributed by atoms with Crippen molar-refractivity contribution >= 4 is 21.4 Å². The standard InChI is InChI=1S/C18H28N4O5S/c23-22(24)16-5-6-17(19-7-10-20-8-3-1-2-4-9-20)18(15-16)28(25,26)21-11-13-27-14-12-21/h5-6,15,19H,1-4,7-14H2. The summed E-state index contributed by atoms with van der Waals surface area (Å²) in [7, 11) is -3.84. The number of benzene rings is 1. The molecule has 0 bridgehead atoms. The summed E-state index contributed by atoms with van der Waals surface area (Å²) in [5.41, 5.74) is 0.178. The van der Waals surface area contributed by atoms with Crippen LogP contribution in [0.3, 0.4) is 0 Å². The Morgan fingerprint density at radius 1 is 1.07 bits per heavy atom. The second-order valence-corrected chi connectivity index (χ2v) is 9.04. The van der Waals surface area contributed by atoms with E-state index in [-0.39, 0.29) is 23.7 Å². The van der Waals surface area contributed by atoms with Gasteiger partial charge in [-0.05, 0) is 32.0 Å². The molecule has 0 amide bonds. The third-order valence-corrected chi connectivity index (χ3v) is 7.14. The van der Waals surface area contributed by atoms with Crippen molar-refractivity contribution in [3.63, 3.8) is 0 Å². The summed E-state index contributed by atoms with van der Waals surface area (Å²) < 4.78 is 32.7. The third kappa shape index (κ3) is 5.19. The molecule has 3 rings (SSSR count). The van der Waals surface area contributed by atoms with E-state index in [4.69, 9.17) is 4.74 Å². The molecular formula is C18H28N4O5S. The number of morpholine rings is 1. The van der Waals surface area contributed by atoms with Crippen LogP contribution >= 0.6 is 0 Å². The second-order valence-electron chi connectivity index (χ2n) is 7.14. The Morgan fingerprint density at radius 2 is 1.75 bits per heavy atom. The SMILES string of the molecule is O=[N+]([O-])c1ccc(NCCN2CCCCCC2)c(S(=O)(=O)N2CCOCC2)c1. The van der Waals surface area contributed by atoms with E-state index in [1.165, 1.54) is 42.1 Å². The van der Waals surface area contributed by atoms with Gasteiger partial charge in [0.2, 0.25) is 10.0 Å². The molecule has 0 spiro atoms. The van der Waals surface area contributed by atoms with Crippen molar-refractivity contribution < 1.29 is 18.1 Å². The molecule has 0 atom stereocenters. The number of anilines is 1. The summed E-state index contributed by atoms with van der Waals surface area (Å²) >= 11 is 0. The van der Waals surface area contributed by atoms with Crippen LogP contribution in [0.5, 0.6) is 0 Å². The lowest BCUT2D eigenvalue weighted by atomic mass is 10.2. The van der Waals surface area contributed by atoms with Gasteiger partial charge in [0.1, 0.15) is 4.90 Å². The Balaban J connectivity index is 1.76. The summed E-state index contributed by atoms with van der Waals surface area (Å²) in [6.45, 7) is 4.66. The molecule has 0 aromatic heterocycles. The molecule has 0 radical (unpaired) electrons. The minimum Gasteiger partial charge on any atom is -0.383 e. The molecule has 2 aliphatic rings. The summed E-state index contributed by atoms with van der Waals surface area (Å²) in [5, 5.41) is 14.4. The molecule has 28 heavy (non-hydrogen) atoms. The highest BCUT2D eigenvalue weighted by Crippen LogP contribution is 2.29. The van der Waals surface area contributed by atoms with Gasteiger partial charge in [-0.2, -0.15) is 4.31 Å². The number of sulfonamides is 1. The van der Waals surface area contributed by atoms with Gasteiger partial charge in [0.25, 0.3) is 5.69 Å². The highest BCUT2D eigenvalue weighted by Gasteiger charge is 2.30. The third-order valence-electron chi connectivity index (χ3n) is 5.21. The van der Waals surface area contributed by atoms with Gasteiger partial charge in [-0.1, -0.05) is 12.8 Å². The molecule has 2 saturated heterocycles. The molecule has 156 valence electrons. The topological polar surface area (TPSA) is 105 Å². The maximum Gasteiger partial charge on any atom is 0.270 e. The Labute approximate surface area is 165 Å². The Bertz CT molecular complexity index is 772. The lowest BCUT2D eigenvalue weighted by molar-refractivity contribution is -0.385. The number of nitro groups is 1. The van der Waals surface area contributed by atoms with Gasteiger partial charge in [0.05, 0.1) is 23.8 Å². The number of likely N-dealkylation sites (tertiary alicyclic amines) is 1. The Morgan fingerprint density at radius 3 is 2.39 bits per heavy atom. The first-order valence-corrected chi connectivity index (χ1v) is 11.2. The minimum absolute atomic E-state index is 0.0422. The van der Waals surface area contributed by atoms with Crippen molar-refractivity contribution in [2.24, 2.45) is 0 Å². The van der Waals surface area contributed by atoms with E-state index in [0.717, 1.165) is 25.7 Å². The number of hydrogen-bond acceptors (Lipinski definition) is 7. The maximum atomic E-state index is 13.1. The average molecular weight is 413 g/mol. The van der Waals surface area contributed by atoms with Crippen molar-refractivity contribution in [2.45, 2.75) is 30.6 Å². The molecule has 2 heterocycles. The molecule has 0 unspecified atom stereocenters. The summed E-state index contributed by atoms with van der Waals surface area (Å²) in [5.74, 6) is 0. The van der Waals surface area contributed by atoms with Gasteiger partial charge in [-0.3, -0.25) is 10.1 Å². The van der Waals surface area contributed by atoms with E-state index < -0.39 is 14.9 Å². The van der Waals surface area contributed by atoms with E-state index in [0.29, 0.717) is 25.4 Å². The first kappa shape index (κ1) is 21.0. The van der Waals surface area contributed by atoms with E-state index in [1.54, 1.807) is 0 Å². The molecule has 1 aromatic rings. The highest BCUT2D eigenvalue weighted by atomic mass is 32.2. The van der Waals surface area contributed by atoms with Crippen LogP contribution in [0.1, 0.15) is 25.7 Å². The first-order chi connectivity index (χ1) is 13.5. The number of nitrogens with one attached hydrogen (secondary N) is 1. The van der Waals surface area contributed by atoms with E-state index >= 15 is 0 Å². The van der Waals surface area contributed by atoms with Gasteiger partial charge in [0, 0.05) is 38.3 Å². The number of hydrogen-bond donors (Lipinski definition) is 1. The summed E-state index contributed by atoms with van der Waals surface area (Å²) in [6, 6.07) is 3.99. The van der Waals surface area contributed by atoms with E-state index in [2.05, 4.69) is 10.2 Å².